The Bertz CT molecular complexity index is 741. The highest BCUT2D eigenvalue weighted by molar-refractivity contribution is 6.31. The molecular weight excluding hydrogens is 338 g/mol. The number of hydrogen-bond acceptors (Lipinski definition) is 6. The minimum Gasteiger partial charge on any atom is -0.452 e. The number of rotatable bonds is 6. The summed E-state index contributed by atoms with van der Waals surface area (Å²) < 4.78 is 4.80. The molecule has 1 aliphatic carbocycles. The molecule has 1 aromatic rings. The van der Waals surface area contributed by atoms with Crippen LogP contribution in [0.15, 0.2) is 18.2 Å². The van der Waals surface area contributed by atoms with Crippen LogP contribution in [0.4, 0.5) is 5.69 Å². The molecule has 1 aromatic carbocycles. The van der Waals surface area contributed by atoms with E-state index in [2.05, 4.69) is 5.32 Å². The summed E-state index contributed by atoms with van der Waals surface area (Å²) in [5.41, 5.74) is -1.82. The molecule has 2 rings (SSSR count). The van der Waals surface area contributed by atoms with Gasteiger partial charge in [-0.2, -0.15) is 5.26 Å². The van der Waals surface area contributed by atoms with Crippen molar-refractivity contribution < 1.29 is 19.2 Å². The van der Waals surface area contributed by atoms with Gasteiger partial charge < -0.3 is 10.1 Å². The maximum Gasteiger partial charge on any atom is 0.345 e. The molecular formula is C15H14ClN3O5. The molecule has 0 unspecified atom stereocenters. The van der Waals surface area contributed by atoms with Gasteiger partial charge in [-0.25, -0.2) is 4.79 Å². The van der Waals surface area contributed by atoms with Crippen molar-refractivity contribution in [3.63, 3.8) is 0 Å². The molecule has 0 bridgehead atoms. The lowest BCUT2D eigenvalue weighted by Gasteiger charge is -2.22. The summed E-state index contributed by atoms with van der Waals surface area (Å²) in [6.07, 6.45) is 1.69. The topological polar surface area (TPSA) is 122 Å². The van der Waals surface area contributed by atoms with Gasteiger partial charge in [-0.3, -0.25) is 14.9 Å². The minimum absolute atomic E-state index is 0.0798. The quantitative estimate of drug-likeness (QED) is 0.476. The van der Waals surface area contributed by atoms with Crippen molar-refractivity contribution in [2.24, 2.45) is 5.92 Å². The number of hydrogen-bond donors (Lipinski definition) is 1. The fraction of sp³-hybridized carbons (Fsp3) is 0.400. The number of nitriles is 1. The zero-order valence-electron chi connectivity index (χ0n) is 12.7. The van der Waals surface area contributed by atoms with Crippen molar-refractivity contribution in [1.82, 2.24) is 5.32 Å². The van der Waals surface area contributed by atoms with Gasteiger partial charge in [0.05, 0.1) is 11.0 Å². The number of carbonyl (C=O) groups excluding carboxylic acids is 2. The molecule has 0 radical (unpaired) electrons. The number of carbonyl (C=O) groups is 2. The number of esters is 1. The Balaban J connectivity index is 2.01. The lowest BCUT2D eigenvalue weighted by molar-refractivity contribution is -0.385. The summed E-state index contributed by atoms with van der Waals surface area (Å²) in [4.78, 5) is 34.0. The summed E-state index contributed by atoms with van der Waals surface area (Å²) in [5.74, 6) is -1.61. The van der Waals surface area contributed by atoms with Crippen molar-refractivity contribution in [2.75, 3.05) is 6.61 Å². The van der Waals surface area contributed by atoms with Crippen molar-refractivity contribution in [3.8, 4) is 6.07 Å². The third-order valence-electron chi connectivity index (χ3n) is 3.73. The molecule has 1 fully saturated rings. The fourth-order valence-electron chi connectivity index (χ4n) is 2.25. The van der Waals surface area contributed by atoms with Gasteiger partial charge in [-0.1, -0.05) is 11.6 Å². The summed E-state index contributed by atoms with van der Waals surface area (Å²) >= 11 is 5.73. The molecule has 1 saturated carbocycles. The Labute approximate surface area is 142 Å². The van der Waals surface area contributed by atoms with E-state index in [1.54, 1.807) is 6.92 Å². The molecule has 0 heterocycles. The van der Waals surface area contributed by atoms with E-state index in [9.17, 15) is 19.7 Å². The van der Waals surface area contributed by atoms with Crippen molar-refractivity contribution >= 4 is 29.2 Å². The van der Waals surface area contributed by atoms with E-state index >= 15 is 0 Å². The van der Waals surface area contributed by atoms with Crippen LogP contribution < -0.4 is 5.32 Å². The maximum absolute atomic E-state index is 12.0. The first-order valence-corrected chi connectivity index (χ1v) is 7.48. The van der Waals surface area contributed by atoms with E-state index in [0.717, 1.165) is 25.0 Å². The molecule has 8 nitrogen and oxygen atoms in total. The van der Waals surface area contributed by atoms with E-state index in [1.807, 2.05) is 6.07 Å². The smallest absolute Gasteiger partial charge is 0.345 e. The van der Waals surface area contributed by atoms with Gasteiger partial charge >= 0.3 is 5.97 Å². The van der Waals surface area contributed by atoms with E-state index in [1.165, 1.54) is 6.07 Å². The molecule has 0 aromatic heterocycles. The molecule has 24 heavy (non-hydrogen) atoms. The molecule has 1 aliphatic rings. The van der Waals surface area contributed by atoms with Crippen molar-refractivity contribution in [1.29, 1.82) is 5.26 Å². The van der Waals surface area contributed by atoms with Gasteiger partial charge in [0.25, 0.3) is 11.6 Å². The standard InChI is InChI=1S/C15H14ClN3O5/c1-15(8-17,9-2-3-9)18-13(20)7-24-14(21)11-6-10(16)4-5-12(11)19(22)23/h4-6,9H,2-3,7H2,1H3,(H,18,20)/t15-/m1/s1. The highest BCUT2D eigenvalue weighted by atomic mass is 35.5. The lowest BCUT2D eigenvalue weighted by atomic mass is 9.98. The van der Waals surface area contributed by atoms with E-state index in [-0.39, 0.29) is 16.5 Å². The molecule has 0 saturated heterocycles. The zero-order valence-corrected chi connectivity index (χ0v) is 13.5. The van der Waals surface area contributed by atoms with Crippen LogP contribution in [-0.2, 0) is 9.53 Å². The Kier molecular flexibility index (Phi) is 5.04. The van der Waals surface area contributed by atoms with E-state index in [0.29, 0.717) is 0 Å². The van der Waals surface area contributed by atoms with Gasteiger partial charge in [0.2, 0.25) is 0 Å². The van der Waals surface area contributed by atoms with Crippen LogP contribution in [0.3, 0.4) is 0 Å². The zero-order chi connectivity index (χ0) is 17.9. The maximum atomic E-state index is 12.0. The Morgan fingerprint density at radius 2 is 2.21 bits per heavy atom. The Morgan fingerprint density at radius 1 is 1.54 bits per heavy atom. The fourth-order valence-corrected chi connectivity index (χ4v) is 2.42. The van der Waals surface area contributed by atoms with Crippen LogP contribution in [0.5, 0.6) is 0 Å². The minimum atomic E-state index is -1.04. The molecule has 9 heteroatoms. The number of nitro groups is 1. The second kappa shape index (κ2) is 6.84. The lowest BCUT2D eigenvalue weighted by Crippen LogP contribution is -2.48. The number of halogens is 1. The first-order chi connectivity index (χ1) is 11.3. The molecule has 0 aliphatic heterocycles. The number of benzene rings is 1. The third-order valence-corrected chi connectivity index (χ3v) is 3.97. The molecule has 1 atom stereocenters. The largest absolute Gasteiger partial charge is 0.452 e. The Hall–Kier alpha value is -2.66. The van der Waals surface area contributed by atoms with Crippen LogP contribution in [0.1, 0.15) is 30.1 Å². The molecule has 0 spiro atoms. The number of nitrogens with one attached hydrogen (secondary N) is 1. The highest BCUT2D eigenvalue weighted by Gasteiger charge is 2.43. The van der Waals surface area contributed by atoms with Crippen LogP contribution in [0, 0.1) is 27.4 Å². The van der Waals surface area contributed by atoms with Gasteiger partial charge in [-0.05, 0) is 37.8 Å². The van der Waals surface area contributed by atoms with Gasteiger partial charge in [0, 0.05) is 11.1 Å². The number of ether oxygens (including phenoxy) is 1. The first-order valence-electron chi connectivity index (χ1n) is 7.10. The van der Waals surface area contributed by atoms with E-state index in [4.69, 9.17) is 21.6 Å². The predicted molar refractivity (Wildman–Crippen MR) is 83.3 cm³/mol. The van der Waals surface area contributed by atoms with Crippen molar-refractivity contribution in [3.05, 3.63) is 38.9 Å². The number of amides is 1. The highest BCUT2D eigenvalue weighted by Crippen LogP contribution is 2.39. The van der Waals surface area contributed by atoms with Crippen LogP contribution in [-0.4, -0.2) is 28.9 Å². The van der Waals surface area contributed by atoms with Crippen molar-refractivity contribution in [2.45, 2.75) is 25.3 Å². The normalized spacial score (nSPS) is 15.7. The molecule has 1 amide bonds. The first kappa shape index (κ1) is 17.7. The molecule has 126 valence electrons. The molecule has 1 N–H and O–H groups in total. The van der Waals surface area contributed by atoms with Gasteiger partial charge in [0.1, 0.15) is 11.1 Å². The van der Waals surface area contributed by atoms with Crippen LogP contribution >= 0.6 is 11.6 Å². The summed E-state index contributed by atoms with van der Waals surface area (Å²) in [5, 5.41) is 22.7. The second-order valence-corrected chi connectivity index (χ2v) is 6.07. The summed E-state index contributed by atoms with van der Waals surface area (Å²) in [7, 11) is 0. The van der Waals surface area contributed by atoms with E-state index < -0.39 is 34.6 Å². The SMILES string of the molecule is C[C@](C#N)(NC(=O)COC(=O)c1cc(Cl)ccc1[N+](=O)[O-])C1CC1. The van der Waals surface area contributed by atoms with Crippen LogP contribution in [0.25, 0.3) is 0 Å². The predicted octanol–water partition coefficient (Wildman–Crippen LogP) is 2.21. The van der Waals surface area contributed by atoms with Gasteiger partial charge in [-0.15, -0.1) is 0 Å². The Morgan fingerprint density at radius 3 is 2.75 bits per heavy atom. The number of nitro benzene ring substituents is 1. The average Bonchev–Trinajstić information content (AvgIpc) is 3.37. The monoisotopic (exact) mass is 351 g/mol. The second-order valence-electron chi connectivity index (χ2n) is 5.63. The average molecular weight is 352 g/mol. The summed E-state index contributed by atoms with van der Waals surface area (Å²) in [6.45, 7) is 0.957. The number of nitrogens with zero attached hydrogens (tertiary/aromatic N) is 2. The van der Waals surface area contributed by atoms with Gasteiger partial charge in [0.15, 0.2) is 6.61 Å². The van der Waals surface area contributed by atoms with Crippen LogP contribution in [0.2, 0.25) is 5.02 Å². The summed E-state index contributed by atoms with van der Waals surface area (Å²) in [6, 6.07) is 5.50. The third kappa shape index (κ3) is 4.00.